The van der Waals surface area contributed by atoms with Gasteiger partial charge in [-0.2, -0.15) is 0 Å². The number of carbonyl (C=O) groups excluding carboxylic acids is 2. The summed E-state index contributed by atoms with van der Waals surface area (Å²) >= 11 is 0. The normalized spacial score (nSPS) is 11.5. The molecule has 0 saturated carbocycles. The van der Waals surface area contributed by atoms with Crippen LogP contribution < -0.4 is 5.32 Å². The quantitative estimate of drug-likeness (QED) is 0.561. The van der Waals surface area contributed by atoms with Crippen LogP contribution in [0, 0.1) is 0 Å². The lowest BCUT2D eigenvalue weighted by Gasteiger charge is -2.12. The van der Waals surface area contributed by atoms with Crippen LogP contribution in [-0.2, 0) is 20.7 Å². The first kappa shape index (κ1) is 11.2. The van der Waals surface area contributed by atoms with E-state index in [2.05, 4.69) is 10.1 Å². The predicted molar refractivity (Wildman–Crippen MR) is 54.8 cm³/mol. The van der Waals surface area contributed by atoms with Crippen LogP contribution in [0.1, 0.15) is 5.56 Å². The van der Waals surface area contributed by atoms with Crippen molar-refractivity contribution in [3.8, 4) is 0 Å². The SMILES string of the molecule is COC(=O)C(Cc1ccccc1)N[C]=O. The molecule has 0 aromatic heterocycles. The Morgan fingerprint density at radius 2 is 2.13 bits per heavy atom. The largest absolute Gasteiger partial charge is 0.467 e. The van der Waals surface area contributed by atoms with Crippen LogP contribution in [0.5, 0.6) is 0 Å². The van der Waals surface area contributed by atoms with Gasteiger partial charge in [-0.3, -0.25) is 4.79 Å². The van der Waals surface area contributed by atoms with Crippen molar-refractivity contribution >= 4 is 12.4 Å². The fraction of sp³-hybridized carbons (Fsp3) is 0.273. The second-order valence-electron chi connectivity index (χ2n) is 3.01. The van der Waals surface area contributed by atoms with E-state index in [1.807, 2.05) is 30.3 Å². The standard InChI is InChI=1S/C11H12NO3/c1-15-11(14)10(12-8-13)7-9-5-3-2-4-6-9/h2-6,10H,7H2,1H3,(H,12,13). The van der Waals surface area contributed by atoms with E-state index >= 15 is 0 Å². The number of nitrogens with one attached hydrogen (secondary N) is 1. The van der Waals surface area contributed by atoms with E-state index in [0.29, 0.717) is 6.42 Å². The third-order valence-corrected chi connectivity index (χ3v) is 2.00. The highest BCUT2D eigenvalue weighted by molar-refractivity contribution is 5.78. The monoisotopic (exact) mass is 206 g/mol. The van der Waals surface area contributed by atoms with Gasteiger partial charge in [0.25, 0.3) is 0 Å². The van der Waals surface area contributed by atoms with Crippen LogP contribution in [0.3, 0.4) is 0 Å². The molecule has 1 atom stereocenters. The Morgan fingerprint density at radius 1 is 1.47 bits per heavy atom. The second-order valence-corrected chi connectivity index (χ2v) is 3.01. The highest BCUT2D eigenvalue weighted by atomic mass is 16.5. The van der Waals surface area contributed by atoms with Gasteiger partial charge in [0.15, 0.2) is 0 Å². The Labute approximate surface area is 88.2 Å². The number of carbonyl (C=O) groups is 1. The zero-order valence-corrected chi connectivity index (χ0v) is 8.40. The van der Waals surface area contributed by atoms with Crippen LogP contribution in [-0.4, -0.2) is 25.5 Å². The zero-order chi connectivity index (χ0) is 11.1. The number of methoxy groups -OCH3 is 1. The number of ether oxygens (including phenoxy) is 1. The third-order valence-electron chi connectivity index (χ3n) is 2.00. The molecule has 1 radical (unpaired) electrons. The Balaban J connectivity index is 2.66. The number of amides is 1. The Kier molecular flexibility index (Phi) is 4.34. The summed E-state index contributed by atoms with van der Waals surface area (Å²) in [6.45, 7) is 0. The fourth-order valence-electron chi connectivity index (χ4n) is 1.26. The van der Waals surface area contributed by atoms with Crippen molar-refractivity contribution in [1.29, 1.82) is 0 Å². The molecule has 0 heterocycles. The molecule has 15 heavy (non-hydrogen) atoms. The molecule has 0 aliphatic heterocycles. The van der Waals surface area contributed by atoms with E-state index in [1.165, 1.54) is 13.5 Å². The Bertz CT molecular complexity index is 324. The molecule has 0 bridgehead atoms. The number of benzene rings is 1. The van der Waals surface area contributed by atoms with Gasteiger partial charge in [-0.25, -0.2) is 4.79 Å². The van der Waals surface area contributed by atoms with E-state index in [-0.39, 0.29) is 0 Å². The molecular formula is C11H12NO3. The molecule has 0 fully saturated rings. The first-order valence-corrected chi connectivity index (χ1v) is 4.52. The van der Waals surface area contributed by atoms with Gasteiger partial charge < -0.3 is 10.1 Å². The first-order valence-electron chi connectivity index (χ1n) is 4.52. The molecule has 1 aromatic carbocycles. The minimum atomic E-state index is -0.671. The Morgan fingerprint density at radius 3 is 2.67 bits per heavy atom. The van der Waals surface area contributed by atoms with E-state index in [9.17, 15) is 9.59 Å². The van der Waals surface area contributed by atoms with E-state index in [0.717, 1.165) is 5.56 Å². The van der Waals surface area contributed by atoms with Crippen LogP contribution in [0.4, 0.5) is 0 Å². The smallest absolute Gasteiger partial charge is 0.328 e. The van der Waals surface area contributed by atoms with Gasteiger partial charge in [0.05, 0.1) is 7.11 Å². The summed E-state index contributed by atoms with van der Waals surface area (Å²) in [5.41, 5.74) is 0.954. The van der Waals surface area contributed by atoms with Crippen LogP contribution >= 0.6 is 0 Å². The zero-order valence-electron chi connectivity index (χ0n) is 8.40. The number of hydrogen-bond donors (Lipinski definition) is 1. The van der Waals surface area contributed by atoms with Gasteiger partial charge in [-0.1, -0.05) is 30.3 Å². The van der Waals surface area contributed by atoms with Crippen molar-refractivity contribution in [3.63, 3.8) is 0 Å². The van der Waals surface area contributed by atoms with E-state index in [4.69, 9.17) is 0 Å². The summed E-state index contributed by atoms with van der Waals surface area (Å²) in [5, 5.41) is 2.30. The first-order chi connectivity index (χ1) is 7.27. The molecular weight excluding hydrogens is 194 g/mol. The summed E-state index contributed by atoms with van der Waals surface area (Å²) in [6, 6.07) is 8.71. The van der Waals surface area contributed by atoms with E-state index in [1.54, 1.807) is 0 Å². The molecule has 0 aliphatic carbocycles. The molecule has 1 amide bonds. The van der Waals surface area contributed by atoms with Gasteiger partial charge in [-0.15, -0.1) is 0 Å². The summed E-state index contributed by atoms with van der Waals surface area (Å²) in [7, 11) is 1.28. The van der Waals surface area contributed by atoms with Crippen LogP contribution in [0.25, 0.3) is 0 Å². The van der Waals surface area contributed by atoms with Crippen molar-refractivity contribution in [2.24, 2.45) is 0 Å². The number of hydrogen-bond acceptors (Lipinski definition) is 3. The van der Waals surface area contributed by atoms with Gasteiger partial charge in [0.1, 0.15) is 6.04 Å². The highest BCUT2D eigenvalue weighted by Gasteiger charge is 2.18. The fourth-order valence-corrected chi connectivity index (χ4v) is 1.26. The molecule has 1 aromatic rings. The minimum Gasteiger partial charge on any atom is -0.467 e. The molecule has 4 heteroatoms. The lowest BCUT2D eigenvalue weighted by molar-refractivity contribution is -0.142. The third kappa shape index (κ3) is 3.42. The maximum atomic E-state index is 11.2. The molecule has 0 aliphatic rings. The van der Waals surface area contributed by atoms with Gasteiger partial charge in [-0.05, 0) is 5.56 Å². The number of rotatable bonds is 5. The predicted octanol–water partition coefficient (Wildman–Crippen LogP) is 0.427. The summed E-state index contributed by atoms with van der Waals surface area (Å²) in [5.74, 6) is -0.470. The summed E-state index contributed by atoms with van der Waals surface area (Å²) in [4.78, 5) is 21.4. The maximum Gasteiger partial charge on any atom is 0.328 e. The van der Waals surface area contributed by atoms with Crippen molar-refractivity contribution in [2.45, 2.75) is 12.5 Å². The molecule has 1 unspecified atom stereocenters. The van der Waals surface area contributed by atoms with E-state index < -0.39 is 12.0 Å². The average molecular weight is 206 g/mol. The van der Waals surface area contributed by atoms with Crippen LogP contribution in [0.15, 0.2) is 30.3 Å². The van der Waals surface area contributed by atoms with Crippen molar-refractivity contribution < 1.29 is 14.3 Å². The van der Waals surface area contributed by atoms with Gasteiger partial charge in [0.2, 0.25) is 0 Å². The van der Waals surface area contributed by atoms with Gasteiger partial charge in [0, 0.05) is 6.42 Å². The lowest BCUT2D eigenvalue weighted by atomic mass is 10.1. The molecule has 4 nitrogen and oxygen atoms in total. The lowest BCUT2D eigenvalue weighted by Crippen LogP contribution is -2.38. The maximum absolute atomic E-state index is 11.2. The minimum absolute atomic E-state index is 0.406. The topological polar surface area (TPSA) is 55.4 Å². The summed E-state index contributed by atoms with van der Waals surface area (Å²) in [6.07, 6.45) is 1.91. The molecule has 0 spiro atoms. The molecule has 79 valence electrons. The second kappa shape index (κ2) is 5.80. The van der Waals surface area contributed by atoms with Crippen molar-refractivity contribution in [2.75, 3.05) is 7.11 Å². The highest BCUT2D eigenvalue weighted by Crippen LogP contribution is 2.03. The molecule has 0 saturated heterocycles. The van der Waals surface area contributed by atoms with Crippen LogP contribution in [0.2, 0.25) is 0 Å². The van der Waals surface area contributed by atoms with Gasteiger partial charge >= 0.3 is 12.4 Å². The molecule has 1 N–H and O–H groups in total. The average Bonchev–Trinajstić information content (AvgIpc) is 2.29. The molecule has 1 rings (SSSR count). The number of esters is 1. The Hall–Kier alpha value is -1.84. The summed E-state index contributed by atoms with van der Waals surface area (Å²) < 4.78 is 4.56. The van der Waals surface area contributed by atoms with Crippen molar-refractivity contribution in [1.82, 2.24) is 5.32 Å². The van der Waals surface area contributed by atoms with Crippen molar-refractivity contribution in [3.05, 3.63) is 35.9 Å².